The van der Waals surface area contributed by atoms with Gasteiger partial charge >= 0.3 is 0 Å². The first-order valence-corrected chi connectivity index (χ1v) is 27.0. The van der Waals surface area contributed by atoms with Crippen LogP contribution < -0.4 is 15.4 Å². The van der Waals surface area contributed by atoms with E-state index in [9.17, 15) is 14.7 Å². The molecule has 0 saturated carbocycles. The van der Waals surface area contributed by atoms with Crippen molar-refractivity contribution in [2.75, 3.05) is 46.6 Å². The van der Waals surface area contributed by atoms with Gasteiger partial charge in [0.2, 0.25) is 18.4 Å². The fourth-order valence-electron chi connectivity index (χ4n) is 8.59. The van der Waals surface area contributed by atoms with Gasteiger partial charge in [-0.05, 0) is 87.8 Å². The number of hydrogen-bond acceptors (Lipinski definition) is 8. The zero-order valence-electron chi connectivity index (χ0n) is 42.5. The normalized spacial score (nSPS) is 12.8. The van der Waals surface area contributed by atoms with E-state index in [2.05, 4.69) is 96.4 Å². The monoisotopic (exact) mass is 959 g/mol. The lowest BCUT2D eigenvalue weighted by Crippen LogP contribution is -2.37. The molecule has 3 N–H and O–H groups in total. The molecule has 0 aliphatic rings. The minimum atomic E-state index is -1.15. The van der Waals surface area contributed by atoms with Crippen LogP contribution in [-0.2, 0) is 35.6 Å². The maximum Gasteiger partial charge on any atom is 0.259 e. The predicted molar refractivity (Wildman–Crippen MR) is 278 cm³/mol. The maximum absolute atomic E-state index is 12.3. The standard InChI is InChI=1S/C56H87N4O7P/c1-47(2)60(48(3)4)68(67-44-41-57-5)66-43-28-21-17-13-9-10-14-18-25-31-54(62)59-45-55(63)58-40-26-19-15-11-7-8-12-16-20-27-42-65-56(50-29-23-22-24-30-50,51-34-32-49(46-61)33-35-51)52-36-38-53(64-6)39-37-52/h22-24,29-30,32-39,47-48,61H,7-21,25-28,31,40-46H2,1-4,6H3,(H,58,63)(H,59,62). The Bertz CT molecular complexity index is 1730. The molecule has 378 valence electrons. The third-order valence-electron chi connectivity index (χ3n) is 12.3. The fraction of sp³-hybridized carbons (Fsp3) is 0.625. The number of aliphatic hydroxyl groups excluding tert-OH is 1. The maximum atomic E-state index is 12.3. The van der Waals surface area contributed by atoms with Crippen molar-refractivity contribution < 1.29 is 33.2 Å². The molecule has 0 radical (unpaired) electrons. The van der Waals surface area contributed by atoms with Crippen LogP contribution in [0.4, 0.5) is 0 Å². The van der Waals surface area contributed by atoms with Gasteiger partial charge in [-0.3, -0.25) is 9.59 Å². The Balaban J connectivity index is 1.15. The Hall–Kier alpha value is -3.88. The average molecular weight is 959 g/mol. The number of hydrogen-bond donors (Lipinski definition) is 3. The molecule has 3 aromatic carbocycles. The number of nitrogens with one attached hydrogen (secondary N) is 2. The molecule has 12 heteroatoms. The number of nitrogens with zero attached hydrogens (tertiary/aromatic N) is 2. The van der Waals surface area contributed by atoms with E-state index >= 15 is 0 Å². The van der Waals surface area contributed by atoms with Crippen molar-refractivity contribution in [1.29, 1.82) is 0 Å². The highest BCUT2D eigenvalue weighted by Crippen LogP contribution is 2.46. The summed E-state index contributed by atoms with van der Waals surface area (Å²) in [5.74, 6) is 0.641. The molecule has 0 spiro atoms. The molecule has 11 nitrogen and oxygen atoms in total. The van der Waals surface area contributed by atoms with Gasteiger partial charge in [-0.2, -0.15) is 0 Å². The molecule has 3 aromatic rings. The predicted octanol–water partition coefficient (Wildman–Crippen LogP) is 12.8. The van der Waals surface area contributed by atoms with E-state index in [0.717, 1.165) is 85.8 Å². The summed E-state index contributed by atoms with van der Waals surface area (Å²) < 4.78 is 26.9. The molecule has 2 unspecified atom stereocenters. The summed E-state index contributed by atoms with van der Waals surface area (Å²) in [6, 6.07) is 27.2. The highest BCUT2D eigenvalue weighted by Gasteiger charge is 2.37. The SMILES string of the molecule is [C-]#[N+]CCOP(OCCCCCCCCCCCC(=O)NCC(=O)NCCCCCCCCCCCCOC(c1ccccc1)(c1ccc(CO)cc1)c1ccc(OC)cc1)N(C(C)C)C(C)C. The molecule has 0 saturated heterocycles. The molecule has 0 fully saturated rings. The third-order valence-corrected chi connectivity index (χ3v) is 14.4. The van der Waals surface area contributed by atoms with Crippen LogP contribution in [0.3, 0.4) is 0 Å². The van der Waals surface area contributed by atoms with Crippen LogP contribution in [0.15, 0.2) is 78.9 Å². The molecule has 0 heterocycles. The number of aliphatic hydroxyl groups is 1. The molecule has 3 rings (SSSR count). The van der Waals surface area contributed by atoms with E-state index in [4.69, 9.17) is 25.1 Å². The molecule has 0 aliphatic carbocycles. The Morgan fingerprint density at radius 2 is 1.10 bits per heavy atom. The van der Waals surface area contributed by atoms with E-state index in [1.54, 1.807) is 7.11 Å². The first-order valence-electron chi connectivity index (χ1n) is 25.9. The van der Waals surface area contributed by atoms with Crippen molar-refractivity contribution in [3.8, 4) is 5.75 Å². The summed E-state index contributed by atoms with van der Waals surface area (Å²) in [7, 11) is 0.529. The van der Waals surface area contributed by atoms with E-state index in [1.165, 1.54) is 64.2 Å². The first kappa shape index (κ1) is 58.4. The molecule has 0 aromatic heterocycles. The Kier molecular flexibility index (Phi) is 31.0. The minimum Gasteiger partial charge on any atom is -0.497 e. The quantitative estimate of drug-likeness (QED) is 0.0223. The van der Waals surface area contributed by atoms with Crippen LogP contribution >= 0.6 is 8.53 Å². The zero-order chi connectivity index (χ0) is 49.1. The van der Waals surface area contributed by atoms with Gasteiger partial charge in [0.1, 0.15) is 18.0 Å². The second-order valence-electron chi connectivity index (χ2n) is 18.4. The smallest absolute Gasteiger partial charge is 0.259 e. The second kappa shape index (κ2) is 36.1. The van der Waals surface area contributed by atoms with Crippen molar-refractivity contribution >= 4 is 20.3 Å². The van der Waals surface area contributed by atoms with Crippen LogP contribution in [-0.4, -0.2) is 80.2 Å². The van der Waals surface area contributed by atoms with Gasteiger partial charge in [0, 0.05) is 31.7 Å². The number of unbranched alkanes of at least 4 members (excludes halogenated alkanes) is 17. The summed E-state index contributed by atoms with van der Waals surface area (Å²) in [6.45, 7) is 18.4. The largest absolute Gasteiger partial charge is 0.497 e. The lowest BCUT2D eigenvalue weighted by atomic mass is 9.79. The Morgan fingerprint density at radius 1 is 0.618 bits per heavy atom. The molecule has 0 aliphatic heterocycles. The van der Waals surface area contributed by atoms with Crippen molar-refractivity contribution in [2.45, 2.75) is 180 Å². The lowest BCUT2D eigenvalue weighted by Gasteiger charge is -2.36. The summed E-state index contributed by atoms with van der Waals surface area (Å²) >= 11 is 0. The lowest BCUT2D eigenvalue weighted by molar-refractivity contribution is -0.126. The van der Waals surface area contributed by atoms with Crippen LogP contribution in [0.25, 0.3) is 4.85 Å². The third kappa shape index (κ3) is 22.7. The number of carbonyl (C=O) groups excluding carboxylic acids is 2. The van der Waals surface area contributed by atoms with Crippen LogP contribution in [0.5, 0.6) is 5.75 Å². The van der Waals surface area contributed by atoms with Crippen molar-refractivity contribution in [1.82, 2.24) is 15.3 Å². The zero-order valence-corrected chi connectivity index (χ0v) is 43.4. The number of methoxy groups -OCH3 is 1. The second-order valence-corrected chi connectivity index (χ2v) is 19.9. The highest BCUT2D eigenvalue weighted by molar-refractivity contribution is 7.44. The van der Waals surface area contributed by atoms with Gasteiger partial charge in [-0.15, -0.1) is 0 Å². The highest BCUT2D eigenvalue weighted by atomic mass is 31.2. The Morgan fingerprint density at radius 3 is 1.63 bits per heavy atom. The summed E-state index contributed by atoms with van der Waals surface area (Å²) in [5, 5.41) is 15.5. The van der Waals surface area contributed by atoms with Crippen molar-refractivity contribution in [3.63, 3.8) is 0 Å². The summed E-state index contributed by atoms with van der Waals surface area (Å²) in [6.07, 6.45) is 21.8. The van der Waals surface area contributed by atoms with Gasteiger partial charge in [0.15, 0.2) is 0 Å². The van der Waals surface area contributed by atoms with Gasteiger partial charge in [-0.1, -0.05) is 163 Å². The summed E-state index contributed by atoms with van der Waals surface area (Å²) in [5.41, 5.74) is 3.19. The number of ether oxygens (including phenoxy) is 2. The number of carbonyl (C=O) groups is 2. The molecule has 2 atom stereocenters. The fourth-order valence-corrected chi connectivity index (χ4v) is 10.2. The van der Waals surface area contributed by atoms with Crippen LogP contribution in [0.2, 0.25) is 0 Å². The van der Waals surface area contributed by atoms with Crippen LogP contribution in [0.1, 0.15) is 178 Å². The van der Waals surface area contributed by atoms with E-state index in [-0.39, 0.29) is 25.0 Å². The van der Waals surface area contributed by atoms with E-state index in [0.29, 0.717) is 51.4 Å². The molecule has 68 heavy (non-hydrogen) atoms. The van der Waals surface area contributed by atoms with E-state index in [1.807, 2.05) is 30.3 Å². The summed E-state index contributed by atoms with van der Waals surface area (Å²) in [4.78, 5) is 28.0. The topological polar surface area (TPSA) is 123 Å². The van der Waals surface area contributed by atoms with Gasteiger partial charge in [-0.25, -0.2) is 11.2 Å². The Labute approximate surface area is 412 Å². The molecular formula is C56H87N4O7P. The molecular weight excluding hydrogens is 872 g/mol. The van der Waals surface area contributed by atoms with Crippen LogP contribution in [0, 0.1) is 6.57 Å². The minimum absolute atomic E-state index is 0.00232. The first-order chi connectivity index (χ1) is 33.2. The van der Waals surface area contributed by atoms with E-state index < -0.39 is 14.1 Å². The van der Waals surface area contributed by atoms with Gasteiger partial charge in [0.05, 0.1) is 26.9 Å². The van der Waals surface area contributed by atoms with Crippen molar-refractivity contribution in [3.05, 3.63) is 113 Å². The van der Waals surface area contributed by atoms with Crippen molar-refractivity contribution in [2.24, 2.45) is 0 Å². The van der Waals surface area contributed by atoms with Gasteiger partial charge in [0.25, 0.3) is 8.53 Å². The molecule has 2 amide bonds. The molecule has 0 bridgehead atoms. The average Bonchev–Trinajstić information content (AvgIpc) is 3.35. The number of rotatable bonds is 40. The number of amides is 2. The number of benzene rings is 3. The van der Waals surface area contributed by atoms with Gasteiger partial charge < -0.3 is 39.1 Å².